The fraction of sp³-hybridized carbons (Fsp3) is 0.833. The fourth-order valence-corrected chi connectivity index (χ4v) is 2.22. The van der Waals surface area contributed by atoms with Crippen LogP contribution >= 0.6 is 0 Å². The second kappa shape index (κ2) is 6.15. The molecular weight excluding hydrogens is 234 g/mol. The zero-order valence-electron chi connectivity index (χ0n) is 11.0. The van der Waals surface area contributed by atoms with Crippen LogP contribution in [0, 0.1) is 0 Å². The van der Waals surface area contributed by atoms with Crippen molar-refractivity contribution in [3.8, 4) is 0 Å². The zero-order chi connectivity index (χ0) is 13.0. The van der Waals surface area contributed by atoms with E-state index in [2.05, 4.69) is 10.5 Å². The number of nitrogens with zero attached hydrogens (tertiary/aromatic N) is 2. The van der Waals surface area contributed by atoms with E-state index in [9.17, 15) is 4.79 Å². The Bertz CT molecular complexity index is 327. The van der Waals surface area contributed by atoms with Crippen molar-refractivity contribution in [2.45, 2.75) is 38.0 Å². The lowest BCUT2D eigenvalue weighted by atomic mass is 10.0. The Labute approximate surface area is 107 Å². The third-order valence-electron chi connectivity index (χ3n) is 3.32. The number of piperidine rings is 1. The van der Waals surface area contributed by atoms with Gasteiger partial charge in [0.05, 0.1) is 24.9 Å². The summed E-state index contributed by atoms with van der Waals surface area (Å²) >= 11 is 0. The number of oxime groups is 1. The van der Waals surface area contributed by atoms with Crippen LogP contribution in [0.1, 0.15) is 25.7 Å². The van der Waals surface area contributed by atoms with Crippen LogP contribution in [0.5, 0.6) is 0 Å². The molecule has 0 aromatic carbocycles. The molecule has 6 heteroatoms. The van der Waals surface area contributed by atoms with Crippen molar-refractivity contribution >= 4 is 11.6 Å². The number of likely N-dealkylation sites (N-methyl/N-ethyl adjacent to an activating group) is 2. The van der Waals surface area contributed by atoms with Crippen molar-refractivity contribution in [1.82, 2.24) is 10.2 Å². The molecule has 2 aliphatic heterocycles. The first-order chi connectivity index (χ1) is 8.70. The van der Waals surface area contributed by atoms with E-state index in [1.54, 1.807) is 19.0 Å². The fourth-order valence-electron chi connectivity index (χ4n) is 2.22. The Kier molecular flexibility index (Phi) is 4.54. The number of hydrogen-bond acceptors (Lipinski definition) is 5. The highest BCUT2D eigenvalue weighted by molar-refractivity contribution is 5.98. The molecule has 2 saturated heterocycles. The predicted molar refractivity (Wildman–Crippen MR) is 67.2 cm³/mol. The molecule has 1 unspecified atom stereocenters. The summed E-state index contributed by atoms with van der Waals surface area (Å²) in [6.07, 6.45) is 3.48. The van der Waals surface area contributed by atoms with Crippen molar-refractivity contribution < 1.29 is 14.4 Å². The smallest absolute Gasteiger partial charge is 0.240 e. The minimum Gasteiger partial charge on any atom is -0.364 e. The first-order valence-corrected chi connectivity index (χ1v) is 6.46. The molecule has 1 amide bonds. The minimum absolute atomic E-state index is 0.102. The Morgan fingerprint density at radius 3 is 3.00 bits per heavy atom. The summed E-state index contributed by atoms with van der Waals surface area (Å²) in [5, 5.41) is 7.14. The van der Waals surface area contributed by atoms with Gasteiger partial charge in [0, 0.05) is 19.9 Å². The van der Waals surface area contributed by atoms with Crippen molar-refractivity contribution in [3.05, 3.63) is 0 Å². The van der Waals surface area contributed by atoms with Gasteiger partial charge in [-0.25, -0.2) is 0 Å². The van der Waals surface area contributed by atoms with Crippen LogP contribution in [0.4, 0.5) is 0 Å². The van der Waals surface area contributed by atoms with E-state index in [1.807, 2.05) is 0 Å². The van der Waals surface area contributed by atoms with Crippen LogP contribution in [0.25, 0.3) is 0 Å². The van der Waals surface area contributed by atoms with Gasteiger partial charge < -0.3 is 19.8 Å². The van der Waals surface area contributed by atoms with Gasteiger partial charge in [-0.05, 0) is 19.9 Å². The summed E-state index contributed by atoms with van der Waals surface area (Å²) in [7, 11) is 3.56. The van der Waals surface area contributed by atoms with E-state index in [4.69, 9.17) is 9.57 Å². The first-order valence-electron chi connectivity index (χ1n) is 6.46. The molecule has 2 heterocycles. The number of amides is 1. The van der Waals surface area contributed by atoms with Crippen LogP contribution in [0.2, 0.25) is 0 Å². The van der Waals surface area contributed by atoms with Crippen LogP contribution in [0.15, 0.2) is 5.16 Å². The molecular formula is C12H21N3O3. The van der Waals surface area contributed by atoms with Crippen LogP contribution in [0.3, 0.4) is 0 Å². The van der Waals surface area contributed by atoms with Crippen molar-refractivity contribution in [2.24, 2.45) is 5.16 Å². The van der Waals surface area contributed by atoms with Crippen molar-refractivity contribution in [1.29, 1.82) is 0 Å². The Hall–Kier alpha value is -1.14. The zero-order valence-corrected chi connectivity index (χ0v) is 11.0. The van der Waals surface area contributed by atoms with E-state index >= 15 is 0 Å². The Balaban J connectivity index is 1.89. The van der Waals surface area contributed by atoms with Gasteiger partial charge in [-0.15, -0.1) is 0 Å². The average molecular weight is 255 g/mol. The molecule has 0 aromatic rings. The summed E-state index contributed by atoms with van der Waals surface area (Å²) in [5.74, 6) is 0.102. The second-order valence-corrected chi connectivity index (χ2v) is 4.80. The molecule has 18 heavy (non-hydrogen) atoms. The Morgan fingerprint density at radius 2 is 2.33 bits per heavy atom. The number of carbonyl (C=O) groups excluding carboxylic acids is 1. The van der Waals surface area contributed by atoms with Gasteiger partial charge in [0.1, 0.15) is 0 Å². The second-order valence-electron chi connectivity index (χ2n) is 4.80. The highest BCUT2D eigenvalue weighted by Crippen LogP contribution is 2.15. The summed E-state index contributed by atoms with van der Waals surface area (Å²) in [6.45, 7) is 1.27. The van der Waals surface area contributed by atoms with E-state index in [1.165, 1.54) is 0 Å². The molecule has 2 rings (SSSR count). The van der Waals surface area contributed by atoms with Gasteiger partial charge in [-0.2, -0.15) is 0 Å². The standard InChI is InChI=1S/C12H21N3O3/c1-13-10-7-9(8-15(2)12(10)16)14-18-11-5-3-4-6-17-11/h10-11,13H,3-8H2,1-2H3/t10-,11?/m0/s1. The van der Waals surface area contributed by atoms with Gasteiger partial charge in [0.2, 0.25) is 12.2 Å². The highest BCUT2D eigenvalue weighted by Gasteiger charge is 2.29. The van der Waals surface area contributed by atoms with Gasteiger partial charge >= 0.3 is 0 Å². The summed E-state index contributed by atoms with van der Waals surface area (Å²) in [5.41, 5.74) is 0.880. The molecule has 0 aromatic heterocycles. The maximum atomic E-state index is 11.8. The highest BCUT2D eigenvalue weighted by atomic mass is 16.8. The maximum Gasteiger partial charge on any atom is 0.240 e. The molecule has 6 nitrogen and oxygen atoms in total. The number of carbonyl (C=O) groups is 1. The van der Waals surface area contributed by atoms with E-state index in [-0.39, 0.29) is 18.2 Å². The normalized spacial score (nSPS) is 31.8. The molecule has 2 fully saturated rings. The largest absolute Gasteiger partial charge is 0.364 e. The van der Waals surface area contributed by atoms with Crippen LogP contribution in [-0.2, 0) is 14.4 Å². The minimum atomic E-state index is -0.220. The number of rotatable bonds is 3. The third-order valence-corrected chi connectivity index (χ3v) is 3.32. The number of hydrogen-bond donors (Lipinski definition) is 1. The lowest BCUT2D eigenvalue weighted by Crippen LogP contribution is -2.51. The monoisotopic (exact) mass is 255 g/mol. The van der Waals surface area contributed by atoms with Gasteiger partial charge in [0.15, 0.2) is 0 Å². The quantitative estimate of drug-likeness (QED) is 0.738. The van der Waals surface area contributed by atoms with Crippen molar-refractivity contribution in [2.75, 3.05) is 27.2 Å². The number of likely N-dealkylation sites (tertiary alicyclic amines) is 1. The SMILES string of the molecule is CN[C@H]1CC(=NOC2CCCCO2)CN(C)C1=O. The molecule has 0 bridgehead atoms. The summed E-state index contributed by atoms with van der Waals surface area (Å²) in [4.78, 5) is 18.8. The summed E-state index contributed by atoms with van der Waals surface area (Å²) in [6, 6.07) is -0.196. The van der Waals surface area contributed by atoms with Crippen LogP contribution < -0.4 is 5.32 Å². The number of ether oxygens (including phenoxy) is 1. The molecule has 0 aliphatic carbocycles. The Morgan fingerprint density at radius 1 is 1.50 bits per heavy atom. The average Bonchev–Trinajstić information content (AvgIpc) is 2.41. The van der Waals surface area contributed by atoms with E-state index in [0.29, 0.717) is 13.0 Å². The summed E-state index contributed by atoms with van der Waals surface area (Å²) < 4.78 is 5.44. The van der Waals surface area contributed by atoms with Crippen molar-refractivity contribution in [3.63, 3.8) is 0 Å². The maximum absolute atomic E-state index is 11.8. The lowest BCUT2D eigenvalue weighted by molar-refractivity contribution is -0.162. The van der Waals surface area contributed by atoms with Gasteiger partial charge in [0.25, 0.3) is 0 Å². The molecule has 2 atom stereocenters. The molecule has 1 N–H and O–H groups in total. The van der Waals surface area contributed by atoms with Gasteiger partial charge in [-0.3, -0.25) is 4.79 Å². The topological polar surface area (TPSA) is 63.2 Å². The molecule has 0 saturated carbocycles. The molecule has 102 valence electrons. The molecule has 0 spiro atoms. The van der Waals surface area contributed by atoms with Gasteiger partial charge in [-0.1, -0.05) is 5.16 Å². The van der Waals surface area contributed by atoms with E-state index < -0.39 is 0 Å². The first kappa shape index (κ1) is 13.3. The third kappa shape index (κ3) is 3.20. The molecule has 0 radical (unpaired) electrons. The lowest BCUT2D eigenvalue weighted by Gasteiger charge is -2.30. The van der Waals surface area contributed by atoms with E-state index in [0.717, 1.165) is 31.6 Å². The van der Waals surface area contributed by atoms with Crippen LogP contribution in [-0.4, -0.2) is 56.1 Å². The predicted octanol–water partition coefficient (Wildman–Crippen LogP) is 0.336. The number of nitrogens with one attached hydrogen (secondary N) is 1. The molecule has 2 aliphatic rings.